The van der Waals surface area contributed by atoms with E-state index in [0.29, 0.717) is 18.8 Å². The molecule has 8 heteroatoms. The summed E-state index contributed by atoms with van der Waals surface area (Å²) in [4.78, 5) is 28.7. The molecule has 0 unspecified atom stereocenters. The molecule has 7 nitrogen and oxygen atoms in total. The summed E-state index contributed by atoms with van der Waals surface area (Å²) in [6.45, 7) is 2.50. The van der Waals surface area contributed by atoms with Crippen LogP contribution in [-0.2, 0) is 14.3 Å². The zero-order valence-corrected chi connectivity index (χ0v) is 25.1. The second-order valence-electron chi connectivity index (χ2n) is 11.5. The maximum Gasteiger partial charge on any atom is 0.234 e. The van der Waals surface area contributed by atoms with Gasteiger partial charge in [0.2, 0.25) is 11.8 Å². The number of imide groups is 1. The molecule has 39 heavy (non-hydrogen) atoms. The van der Waals surface area contributed by atoms with Gasteiger partial charge in [-0.15, -0.1) is 0 Å². The van der Waals surface area contributed by atoms with Crippen molar-refractivity contribution in [3.63, 3.8) is 0 Å². The third kappa shape index (κ3) is 5.53. The van der Waals surface area contributed by atoms with Gasteiger partial charge in [0.15, 0.2) is 11.5 Å². The van der Waals surface area contributed by atoms with Gasteiger partial charge in [-0.3, -0.25) is 14.5 Å². The Labute approximate surface area is 244 Å². The van der Waals surface area contributed by atoms with Gasteiger partial charge in [-0.2, -0.15) is 0 Å². The van der Waals surface area contributed by atoms with Crippen molar-refractivity contribution in [3.8, 4) is 11.5 Å². The highest BCUT2D eigenvalue weighted by Crippen LogP contribution is 2.50. The number of likely N-dealkylation sites (tertiary alicyclic amines) is 1. The number of carbonyl (C=O) groups excluding carboxylic acids is 2. The Balaban J connectivity index is 1.34. The Kier molecular flexibility index (Phi) is 9.03. The molecule has 0 aromatic heterocycles. The molecule has 2 N–H and O–H groups in total. The zero-order chi connectivity index (χ0) is 27.7. The molecule has 4 atom stereocenters. The molecule has 1 saturated carbocycles. The van der Waals surface area contributed by atoms with Crippen LogP contribution in [0.2, 0.25) is 0 Å². The molecule has 2 aliphatic heterocycles. The van der Waals surface area contributed by atoms with Crippen molar-refractivity contribution in [1.82, 2.24) is 4.90 Å². The number of ether oxygens (including phenoxy) is 2. The normalized spacial score (nSPS) is 27.8. The highest BCUT2D eigenvalue weighted by atomic mass is 127. The minimum Gasteiger partial charge on any atom is -0.504 e. The SMILES string of the molecule is CCC/C(=C\c1cc(I)c(O)c(OC)c1)CC[C@H]1OC[C@H]2C1=C(CO)C[C@H]1C(=O)N(C3CCCCC3)C(=O)[C@H]12. The van der Waals surface area contributed by atoms with E-state index in [4.69, 9.17) is 9.47 Å². The third-order valence-corrected chi connectivity index (χ3v) is 9.94. The number of halogens is 1. The zero-order valence-electron chi connectivity index (χ0n) is 23.0. The maximum absolute atomic E-state index is 13.7. The lowest BCUT2D eigenvalue weighted by Crippen LogP contribution is -2.42. The van der Waals surface area contributed by atoms with E-state index in [9.17, 15) is 19.8 Å². The lowest BCUT2D eigenvalue weighted by Gasteiger charge is -2.31. The van der Waals surface area contributed by atoms with Crippen molar-refractivity contribution < 1.29 is 29.3 Å². The molecule has 2 aliphatic carbocycles. The highest BCUT2D eigenvalue weighted by molar-refractivity contribution is 14.1. The molecule has 5 rings (SSSR count). The monoisotopic (exact) mass is 649 g/mol. The number of hydrogen-bond donors (Lipinski definition) is 2. The molecule has 1 aromatic rings. The minimum absolute atomic E-state index is 0.0110. The number of rotatable bonds is 9. The predicted molar refractivity (Wildman–Crippen MR) is 157 cm³/mol. The van der Waals surface area contributed by atoms with Gasteiger partial charge in [0.1, 0.15) is 0 Å². The fourth-order valence-corrected chi connectivity index (χ4v) is 7.94. The lowest BCUT2D eigenvalue weighted by molar-refractivity contribution is -0.143. The van der Waals surface area contributed by atoms with E-state index < -0.39 is 0 Å². The van der Waals surface area contributed by atoms with Gasteiger partial charge in [-0.05, 0) is 90.0 Å². The number of allylic oxidation sites excluding steroid dienone is 1. The van der Waals surface area contributed by atoms with Gasteiger partial charge in [0.25, 0.3) is 0 Å². The Morgan fingerprint density at radius 3 is 2.62 bits per heavy atom. The lowest BCUT2D eigenvalue weighted by atomic mass is 9.69. The molecule has 2 heterocycles. The molecule has 2 saturated heterocycles. The number of fused-ring (bicyclic) bond motifs is 3. The number of phenolic OH excluding ortho intramolecular Hbond substituents is 1. The Morgan fingerprint density at radius 1 is 1.15 bits per heavy atom. The molecule has 0 radical (unpaired) electrons. The Bertz CT molecular complexity index is 1170. The second kappa shape index (κ2) is 12.3. The van der Waals surface area contributed by atoms with Crippen molar-refractivity contribution >= 4 is 40.5 Å². The van der Waals surface area contributed by atoms with Crippen LogP contribution in [0.4, 0.5) is 0 Å². The van der Waals surface area contributed by atoms with Crippen molar-refractivity contribution in [2.75, 3.05) is 20.3 Å². The average Bonchev–Trinajstić information content (AvgIpc) is 3.47. The molecule has 1 aromatic carbocycles. The van der Waals surface area contributed by atoms with E-state index in [0.717, 1.165) is 71.6 Å². The summed E-state index contributed by atoms with van der Waals surface area (Å²) >= 11 is 2.11. The summed E-state index contributed by atoms with van der Waals surface area (Å²) in [6, 6.07) is 3.83. The van der Waals surface area contributed by atoms with Crippen LogP contribution >= 0.6 is 22.6 Å². The van der Waals surface area contributed by atoms with Crippen LogP contribution in [0, 0.1) is 21.3 Å². The van der Waals surface area contributed by atoms with Crippen LogP contribution in [-0.4, -0.2) is 59.4 Å². The van der Waals surface area contributed by atoms with Gasteiger partial charge in [0, 0.05) is 12.0 Å². The standard InChI is InChI=1S/C31H40INO6/c1-3-7-18(12-19-13-24(32)29(35)26(14-19)38-2)10-11-25-27-20(16-34)15-22-28(23(27)17-39-25)31(37)33(30(22)36)21-8-5-4-6-9-21/h12-14,21-23,25,28,34-35H,3-11,15-17H2,1-2H3/b18-12+/t22-,23+,25-,28-/m1/s1. The van der Waals surface area contributed by atoms with E-state index >= 15 is 0 Å². The summed E-state index contributed by atoms with van der Waals surface area (Å²) in [5.41, 5.74) is 4.23. The highest BCUT2D eigenvalue weighted by Gasteiger charge is 2.58. The number of amides is 2. The quantitative estimate of drug-likeness (QED) is 0.205. The van der Waals surface area contributed by atoms with Crippen LogP contribution in [0.15, 0.2) is 28.9 Å². The van der Waals surface area contributed by atoms with Gasteiger partial charge in [-0.25, -0.2) is 0 Å². The topological polar surface area (TPSA) is 96.3 Å². The summed E-state index contributed by atoms with van der Waals surface area (Å²) in [5.74, 6) is -0.271. The second-order valence-corrected chi connectivity index (χ2v) is 12.6. The Morgan fingerprint density at radius 2 is 1.92 bits per heavy atom. The first-order chi connectivity index (χ1) is 18.9. The largest absolute Gasteiger partial charge is 0.504 e. The van der Waals surface area contributed by atoms with Gasteiger partial charge in [-0.1, -0.05) is 44.3 Å². The van der Waals surface area contributed by atoms with Crippen molar-refractivity contribution in [1.29, 1.82) is 0 Å². The summed E-state index contributed by atoms with van der Waals surface area (Å²) in [7, 11) is 1.55. The number of aromatic hydroxyl groups is 1. The third-order valence-electron chi connectivity index (χ3n) is 9.11. The molecular formula is C31H40INO6. The van der Waals surface area contributed by atoms with E-state index in [2.05, 4.69) is 35.6 Å². The first kappa shape index (κ1) is 28.6. The molecule has 0 bridgehead atoms. The summed E-state index contributed by atoms with van der Waals surface area (Å²) in [6.07, 6.45) is 11.1. The first-order valence-corrected chi connectivity index (χ1v) is 15.5. The van der Waals surface area contributed by atoms with Gasteiger partial charge in [0.05, 0.1) is 41.8 Å². The number of aliphatic hydroxyl groups excluding tert-OH is 1. The fraction of sp³-hybridized carbons (Fsp3) is 0.613. The number of nitrogens with zero attached hydrogens (tertiary/aromatic N) is 1. The number of phenols is 1. The average molecular weight is 650 g/mol. The molecule has 2 amide bonds. The number of aliphatic hydroxyl groups is 1. The molecule has 4 aliphatic rings. The molecule has 3 fully saturated rings. The smallest absolute Gasteiger partial charge is 0.234 e. The first-order valence-electron chi connectivity index (χ1n) is 14.4. The van der Waals surface area contributed by atoms with E-state index in [-0.39, 0.29) is 54.1 Å². The van der Waals surface area contributed by atoms with Crippen LogP contribution in [0.5, 0.6) is 11.5 Å². The van der Waals surface area contributed by atoms with Crippen LogP contribution in [0.3, 0.4) is 0 Å². The van der Waals surface area contributed by atoms with Crippen molar-refractivity contribution in [3.05, 3.63) is 38.0 Å². The Hall–Kier alpha value is -1.91. The number of methoxy groups -OCH3 is 1. The van der Waals surface area contributed by atoms with E-state index in [1.807, 2.05) is 12.1 Å². The molecule has 0 spiro atoms. The summed E-state index contributed by atoms with van der Waals surface area (Å²) < 4.78 is 12.4. The number of benzene rings is 1. The van der Waals surface area contributed by atoms with Gasteiger partial charge >= 0.3 is 0 Å². The molecular weight excluding hydrogens is 609 g/mol. The summed E-state index contributed by atoms with van der Waals surface area (Å²) in [5, 5.41) is 20.5. The van der Waals surface area contributed by atoms with E-state index in [1.165, 1.54) is 12.0 Å². The van der Waals surface area contributed by atoms with Gasteiger partial charge < -0.3 is 19.7 Å². The van der Waals surface area contributed by atoms with Crippen LogP contribution in [0.25, 0.3) is 6.08 Å². The van der Waals surface area contributed by atoms with Crippen molar-refractivity contribution in [2.24, 2.45) is 17.8 Å². The molecule has 212 valence electrons. The minimum atomic E-state index is -0.361. The number of hydrogen-bond acceptors (Lipinski definition) is 6. The van der Waals surface area contributed by atoms with Crippen molar-refractivity contribution in [2.45, 2.75) is 83.3 Å². The number of carbonyl (C=O) groups is 2. The van der Waals surface area contributed by atoms with E-state index in [1.54, 1.807) is 12.0 Å². The maximum atomic E-state index is 13.7. The van der Waals surface area contributed by atoms with Crippen LogP contribution < -0.4 is 4.74 Å². The predicted octanol–water partition coefficient (Wildman–Crippen LogP) is 5.61. The fourth-order valence-electron chi connectivity index (χ4n) is 7.32. The van der Waals surface area contributed by atoms with Crippen LogP contribution in [0.1, 0.15) is 76.7 Å².